The SMILES string of the molecule is COCCOC(=O)c1sc2nc(C)nc(Cl)c2c1C. The van der Waals surface area contributed by atoms with Crippen LogP contribution in [0.1, 0.15) is 21.1 Å². The summed E-state index contributed by atoms with van der Waals surface area (Å²) >= 11 is 7.36. The largest absolute Gasteiger partial charge is 0.459 e. The van der Waals surface area contributed by atoms with Crippen molar-refractivity contribution < 1.29 is 14.3 Å². The number of hydrogen-bond donors (Lipinski definition) is 0. The third-order valence-corrected chi connectivity index (χ3v) is 4.00. The molecule has 2 aromatic heterocycles. The lowest BCUT2D eigenvalue weighted by Crippen LogP contribution is -2.09. The molecule has 0 radical (unpaired) electrons. The van der Waals surface area contributed by atoms with Crippen molar-refractivity contribution in [2.24, 2.45) is 0 Å². The Morgan fingerprint density at radius 1 is 1.32 bits per heavy atom. The Labute approximate surface area is 119 Å². The molecule has 0 spiro atoms. The second kappa shape index (κ2) is 5.81. The van der Waals surface area contributed by atoms with Gasteiger partial charge in [-0.05, 0) is 19.4 Å². The molecule has 0 atom stereocenters. The molecule has 0 bridgehead atoms. The molecule has 2 aromatic rings. The number of methoxy groups -OCH3 is 1. The summed E-state index contributed by atoms with van der Waals surface area (Å²) in [5.74, 6) is 0.198. The molecule has 0 unspecified atom stereocenters. The number of ether oxygens (including phenoxy) is 2. The van der Waals surface area contributed by atoms with Gasteiger partial charge in [-0.1, -0.05) is 11.6 Å². The quantitative estimate of drug-likeness (QED) is 0.493. The van der Waals surface area contributed by atoms with Crippen LogP contribution in [0.2, 0.25) is 5.15 Å². The van der Waals surface area contributed by atoms with Gasteiger partial charge in [0.2, 0.25) is 0 Å². The molecule has 19 heavy (non-hydrogen) atoms. The molecule has 0 aliphatic carbocycles. The van der Waals surface area contributed by atoms with Gasteiger partial charge in [-0.25, -0.2) is 14.8 Å². The maximum absolute atomic E-state index is 11.9. The Kier molecular flexibility index (Phi) is 4.34. The molecular weight excluding hydrogens is 288 g/mol. The normalized spacial score (nSPS) is 10.9. The van der Waals surface area contributed by atoms with Crippen molar-refractivity contribution in [2.75, 3.05) is 20.3 Å². The fourth-order valence-corrected chi connectivity index (χ4v) is 3.20. The van der Waals surface area contributed by atoms with E-state index < -0.39 is 0 Å². The summed E-state index contributed by atoms with van der Waals surface area (Å²) in [6.07, 6.45) is 0. The molecular formula is C12H13ClN2O3S. The first-order valence-corrected chi connectivity index (χ1v) is 6.83. The lowest BCUT2D eigenvalue weighted by molar-refractivity contribution is 0.0393. The maximum atomic E-state index is 11.9. The molecule has 5 nitrogen and oxygen atoms in total. The standard InChI is InChI=1S/C12H13ClN2O3S/c1-6-8-10(13)14-7(2)15-11(8)19-9(6)12(16)18-5-4-17-3/h4-5H2,1-3H3. The van der Waals surface area contributed by atoms with Crippen molar-refractivity contribution in [3.63, 3.8) is 0 Å². The van der Waals surface area contributed by atoms with Crippen molar-refractivity contribution in [3.8, 4) is 0 Å². The number of nitrogens with zero attached hydrogens (tertiary/aromatic N) is 2. The Balaban J connectivity index is 2.37. The molecule has 2 heterocycles. The maximum Gasteiger partial charge on any atom is 0.348 e. The lowest BCUT2D eigenvalue weighted by Gasteiger charge is -2.02. The van der Waals surface area contributed by atoms with Gasteiger partial charge in [0.15, 0.2) is 0 Å². The van der Waals surface area contributed by atoms with E-state index >= 15 is 0 Å². The number of carbonyl (C=O) groups is 1. The summed E-state index contributed by atoms with van der Waals surface area (Å²) in [7, 11) is 1.55. The van der Waals surface area contributed by atoms with Crippen LogP contribution in [-0.2, 0) is 9.47 Å². The van der Waals surface area contributed by atoms with E-state index in [0.29, 0.717) is 27.3 Å². The molecule has 0 N–H and O–H groups in total. The first kappa shape index (κ1) is 14.2. The summed E-state index contributed by atoms with van der Waals surface area (Å²) in [6, 6.07) is 0. The van der Waals surface area contributed by atoms with Gasteiger partial charge in [0.1, 0.15) is 27.3 Å². The number of rotatable bonds is 4. The van der Waals surface area contributed by atoms with Crippen LogP contribution in [0.5, 0.6) is 0 Å². The molecule has 0 fully saturated rings. The topological polar surface area (TPSA) is 61.3 Å². The first-order chi connectivity index (χ1) is 9.04. The van der Waals surface area contributed by atoms with E-state index in [9.17, 15) is 4.79 Å². The number of aryl methyl sites for hydroxylation is 2. The van der Waals surface area contributed by atoms with Crippen LogP contribution in [0.25, 0.3) is 10.2 Å². The number of thiophene rings is 1. The third kappa shape index (κ3) is 2.86. The van der Waals surface area contributed by atoms with E-state index in [2.05, 4.69) is 9.97 Å². The highest BCUT2D eigenvalue weighted by Crippen LogP contribution is 2.33. The average molecular weight is 301 g/mol. The Bertz CT molecular complexity index is 627. The van der Waals surface area contributed by atoms with Crippen molar-refractivity contribution in [1.82, 2.24) is 9.97 Å². The molecule has 0 aliphatic rings. The van der Waals surface area contributed by atoms with Crippen LogP contribution < -0.4 is 0 Å². The predicted octanol–water partition coefficient (Wildman–Crippen LogP) is 2.76. The monoisotopic (exact) mass is 300 g/mol. The van der Waals surface area contributed by atoms with Crippen LogP contribution in [0.3, 0.4) is 0 Å². The highest BCUT2D eigenvalue weighted by atomic mass is 35.5. The van der Waals surface area contributed by atoms with Gasteiger partial charge < -0.3 is 9.47 Å². The van der Waals surface area contributed by atoms with E-state index in [1.54, 1.807) is 14.0 Å². The highest BCUT2D eigenvalue weighted by Gasteiger charge is 2.20. The van der Waals surface area contributed by atoms with Gasteiger partial charge in [0, 0.05) is 7.11 Å². The summed E-state index contributed by atoms with van der Waals surface area (Å²) in [5.41, 5.74) is 0.757. The van der Waals surface area contributed by atoms with Crippen LogP contribution in [0.4, 0.5) is 0 Å². The summed E-state index contributed by atoms with van der Waals surface area (Å²) < 4.78 is 9.94. The fourth-order valence-electron chi connectivity index (χ4n) is 1.67. The van der Waals surface area contributed by atoms with Gasteiger partial charge in [-0.15, -0.1) is 11.3 Å². The first-order valence-electron chi connectivity index (χ1n) is 5.64. The van der Waals surface area contributed by atoms with Gasteiger partial charge >= 0.3 is 5.97 Å². The van der Waals surface area contributed by atoms with Gasteiger partial charge in [-0.3, -0.25) is 0 Å². The zero-order valence-corrected chi connectivity index (χ0v) is 12.4. The summed E-state index contributed by atoms with van der Waals surface area (Å²) in [5, 5.41) is 1.09. The second-order valence-corrected chi connectivity index (χ2v) is 5.28. The van der Waals surface area contributed by atoms with Gasteiger partial charge in [0.05, 0.1) is 12.0 Å². The molecule has 0 amide bonds. The predicted molar refractivity (Wildman–Crippen MR) is 74.1 cm³/mol. The summed E-state index contributed by atoms with van der Waals surface area (Å²) in [6.45, 7) is 4.17. The van der Waals surface area contributed by atoms with Crippen LogP contribution in [0.15, 0.2) is 0 Å². The molecule has 2 rings (SSSR count). The minimum absolute atomic E-state index is 0.224. The number of esters is 1. The molecule has 0 saturated carbocycles. The number of carbonyl (C=O) groups excluding carboxylic acids is 1. The molecule has 0 aromatic carbocycles. The van der Waals surface area contributed by atoms with Crippen molar-refractivity contribution in [3.05, 3.63) is 21.4 Å². The van der Waals surface area contributed by atoms with E-state index in [-0.39, 0.29) is 12.6 Å². The molecule has 7 heteroatoms. The zero-order chi connectivity index (χ0) is 14.0. The smallest absolute Gasteiger partial charge is 0.348 e. The molecule has 0 aliphatic heterocycles. The van der Waals surface area contributed by atoms with Gasteiger partial charge in [-0.2, -0.15) is 0 Å². The Morgan fingerprint density at radius 2 is 2.05 bits per heavy atom. The average Bonchev–Trinajstić information content (AvgIpc) is 2.66. The Morgan fingerprint density at radius 3 is 2.74 bits per heavy atom. The van der Waals surface area contributed by atoms with Crippen LogP contribution >= 0.6 is 22.9 Å². The Hall–Kier alpha value is -1.24. The number of fused-ring (bicyclic) bond motifs is 1. The molecule has 102 valence electrons. The minimum Gasteiger partial charge on any atom is -0.459 e. The van der Waals surface area contributed by atoms with E-state index in [1.165, 1.54) is 11.3 Å². The van der Waals surface area contributed by atoms with Crippen molar-refractivity contribution in [2.45, 2.75) is 13.8 Å². The summed E-state index contributed by atoms with van der Waals surface area (Å²) in [4.78, 5) is 21.5. The van der Waals surface area contributed by atoms with E-state index in [0.717, 1.165) is 10.9 Å². The van der Waals surface area contributed by atoms with Crippen LogP contribution in [-0.4, -0.2) is 36.3 Å². The fraction of sp³-hybridized carbons (Fsp3) is 0.417. The van der Waals surface area contributed by atoms with E-state index in [4.69, 9.17) is 21.1 Å². The van der Waals surface area contributed by atoms with Crippen molar-refractivity contribution in [1.29, 1.82) is 0 Å². The van der Waals surface area contributed by atoms with Crippen LogP contribution in [0, 0.1) is 13.8 Å². The van der Waals surface area contributed by atoms with Crippen molar-refractivity contribution >= 4 is 39.1 Å². The minimum atomic E-state index is -0.383. The number of aromatic nitrogens is 2. The van der Waals surface area contributed by atoms with Gasteiger partial charge in [0.25, 0.3) is 0 Å². The molecule has 0 saturated heterocycles. The highest BCUT2D eigenvalue weighted by molar-refractivity contribution is 7.20. The zero-order valence-electron chi connectivity index (χ0n) is 10.8. The third-order valence-electron chi connectivity index (χ3n) is 2.56. The lowest BCUT2D eigenvalue weighted by atomic mass is 10.2. The van der Waals surface area contributed by atoms with E-state index in [1.807, 2.05) is 6.92 Å². The number of halogens is 1. The second-order valence-electron chi connectivity index (χ2n) is 3.93. The number of hydrogen-bond acceptors (Lipinski definition) is 6.